The quantitative estimate of drug-likeness (QED) is 0.741. The Hall–Kier alpha value is -1.52. The molecule has 1 aromatic rings. The second-order valence-electron chi connectivity index (χ2n) is 5.04. The smallest absolute Gasteiger partial charge is 0.161 e. The van der Waals surface area contributed by atoms with Crippen molar-refractivity contribution in [3.05, 3.63) is 36.4 Å². The van der Waals surface area contributed by atoms with E-state index in [-0.39, 0.29) is 0 Å². The number of nitrogens with zero attached hydrogens (tertiary/aromatic N) is 2. The van der Waals surface area contributed by atoms with Crippen LogP contribution in [0.15, 0.2) is 36.4 Å². The van der Waals surface area contributed by atoms with E-state index in [0.717, 1.165) is 44.2 Å². The molecule has 0 spiro atoms. The van der Waals surface area contributed by atoms with Gasteiger partial charge in [-0.15, -0.1) is 0 Å². The van der Waals surface area contributed by atoms with E-state index >= 15 is 0 Å². The number of rotatable bonds is 6. The van der Waals surface area contributed by atoms with Crippen molar-refractivity contribution in [2.45, 2.75) is 0 Å². The lowest BCUT2D eigenvalue weighted by molar-refractivity contribution is 0.166. The number of para-hydroxylation sites is 2. The second kappa shape index (κ2) is 7.92. The van der Waals surface area contributed by atoms with Crippen molar-refractivity contribution < 1.29 is 9.47 Å². The number of hydrogen-bond donors (Lipinski definition) is 0. The highest BCUT2D eigenvalue weighted by atomic mass is 16.5. The molecule has 0 N–H and O–H groups in total. The summed E-state index contributed by atoms with van der Waals surface area (Å²) in [7, 11) is 3.83. The fraction of sp³-hybridized carbons (Fsp3) is 0.500. The number of ether oxygens (including phenoxy) is 2. The van der Waals surface area contributed by atoms with Gasteiger partial charge in [-0.05, 0) is 19.2 Å². The number of likely N-dealkylation sites (N-methyl/N-ethyl adjacent to an activating group) is 1. The largest absolute Gasteiger partial charge is 0.493 e. The summed E-state index contributed by atoms with van der Waals surface area (Å²) in [5, 5.41) is 0. The van der Waals surface area contributed by atoms with Crippen LogP contribution < -0.4 is 9.47 Å². The first-order valence-corrected chi connectivity index (χ1v) is 7.11. The zero-order valence-electron chi connectivity index (χ0n) is 12.4. The van der Waals surface area contributed by atoms with Gasteiger partial charge in [0.2, 0.25) is 0 Å². The van der Waals surface area contributed by atoms with Gasteiger partial charge in [0.05, 0.1) is 7.11 Å². The third-order valence-electron chi connectivity index (χ3n) is 3.53. The maximum absolute atomic E-state index is 5.70. The Kier molecular flexibility index (Phi) is 5.89. The van der Waals surface area contributed by atoms with Crippen LogP contribution in [0.1, 0.15) is 0 Å². The molecular weight excluding hydrogens is 252 g/mol. The third kappa shape index (κ3) is 4.54. The lowest BCUT2D eigenvalue weighted by Gasteiger charge is -2.31. The van der Waals surface area contributed by atoms with Gasteiger partial charge in [0.25, 0.3) is 0 Å². The Morgan fingerprint density at radius 2 is 1.75 bits per heavy atom. The van der Waals surface area contributed by atoms with Gasteiger partial charge in [0, 0.05) is 32.7 Å². The minimum Gasteiger partial charge on any atom is -0.493 e. The summed E-state index contributed by atoms with van der Waals surface area (Å²) in [6.45, 7) is 6.19. The first kappa shape index (κ1) is 14.9. The van der Waals surface area contributed by atoms with Crippen LogP contribution in [0.2, 0.25) is 0 Å². The predicted octanol–water partition coefficient (Wildman–Crippen LogP) is 1.88. The number of methoxy groups -OCH3 is 1. The van der Waals surface area contributed by atoms with E-state index in [4.69, 9.17) is 9.47 Å². The van der Waals surface area contributed by atoms with E-state index in [9.17, 15) is 0 Å². The summed E-state index contributed by atoms with van der Waals surface area (Å²) >= 11 is 0. The Labute approximate surface area is 121 Å². The first-order valence-electron chi connectivity index (χ1n) is 7.11. The molecule has 0 bridgehead atoms. The van der Waals surface area contributed by atoms with Crippen LogP contribution in [0.5, 0.6) is 11.5 Å². The van der Waals surface area contributed by atoms with Crippen LogP contribution in [0.3, 0.4) is 0 Å². The van der Waals surface area contributed by atoms with E-state index < -0.39 is 0 Å². The molecule has 0 amide bonds. The molecule has 0 aromatic heterocycles. The van der Waals surface area contributed by atoms with Crippen molar-refractivity contribution in [2.24, 2.45) is 0 Å². The highest BCUT2D eigenvalue weighted by Gasteiger charge is 2.11. The van der Waals surface area contributed by atoms with Crippen molar-refractivity contribution in [3.8, 4) is 11.5 Å². The van der Waals surface area contributed by atoms with E-state index in [0.29, 0.717) is 6.61 Å². The molecule has 1 aliphatic heterocycles. The molecule has 20 heavy (non-hydrogen) atoms. The molecule has 1 saturated heterocycles. The molecule has 2 rings (SSSR count). The SMILES string of the molecule is COc1ccccc1OCC=CCN1CCN(C)CC1. The molecule has 0 aliphatic carbocycles. The topological polar surface area (TPSA) is 24.9 Å². The summed E-state index contributed by atoms with van der Waals surface area (Å²) in [5.41, 5.74) is 0. The van der Waals surface area contributed by atoms with Crippen LogP contribution >= 0.6 is 0 Å². The molecule has 0 radical (unpaired) electrons. The molecule has 4 nitrogen and oxygen atoms in total. The molecule has 0 saturated carbocycles. The van der Waals surface area contributed by atoms with Crippen LogP contribution in [0.25, 0.3) is 0 Å². The van der Waals surface area contributed by atoms with Gasteiger partial charge in [-0.2, -0.15) is 0 Å². The molecule has 1 heterocycles. The van der Waals surface area contributed by atoms with Gasteiger partial charge in [0.1, 0.15) is 6.61 Å². The zero-order valence-corrected chi connectivity index (χ0v) is 12.4. The lowest BCUT2D eigenvalue weighted by atomic mass is 10.3. The van der Waals surface area contributed by atoms with Crippen LogP contribution in [0.4, 0.5) is 0 Å². The van der Waals surface area contributed by atoms with E-state index in [1.165, 1.54) is 0 Å². The number of hydrogen-bond acceptors (Lipinski definition) is 4. The molecule has 110 valence electrons. The molecule has 4 heteroatoms. The Morgan fingerprint density at radius 3 is 2.45 bits per heavy atom. The molecule has 0 atom stereocenters. The maximum Gasteiger partial charge on any atom is 0.161 e. The van der Waals surface area contributed by atoms with Gasteiger partial charge >= 0.3 is 0 Å². The Balaban J connectivity index is 1.69. The molecule has 1 aliphatic rings. The average Bonchev–Trinajstić information content (AvgIpc) is 2.49. The van der Waals surface area contributed by atoms with Crippen LogP contribution in [-0.4, -0.2) is 63.3 Å². The van der Waals surface area contributed by atoms with Crippen molar-refractivity contribution >= 4 is 0 Å². The van der Waals surface area contributed by atoms with Crippen LogP contribution in [0, 0.1) is 0 Å². The van der Waals surface area contributed by atoms with Crippen molar-refractivity contribution in [1.82, 2.24) is 9.80 Å². The van der Waals surface area contributed by atoms with E-state index in [2.05, 4.69) is 29.0 Å². The predicted molar refractivity (Wildman–Crippen MR) is 81.6 cm³/mol. The summed E-state index contributed by atoms with van der Waals surface area (Å²) in [6, 6.07) is 7.72. The molecule has 0 unspecified atom stereocenters. The van der Waals surface area contributed by atoms with Crippen molar-refractivity contribution in [3.63, 3.8) is 0 Å². The van der Waals surface area contributed by atoms with Crippen LogP contribution in [-0.2, 0) is 0 Å². The number of piperazine rings is 1. The van der Waals surface area contributed by atoms with Gasteiger partial charge < -0.3 is 14.4 Å². The Bertz CT molecular complexity index is 426. The lowest BCUT2D eigenvalue weighted by Crippen LogP contribution is -2.44. The van der Waals surface area contributed by atoms with Crippen molar-refractivity contribution in [1.29, 1.82) is 0 Å². The van der Waals surface area contributed by atoms with E-state index in [1.807, 2.05) is 24.3 Å². The van der Waals surface area contributed by atoms with Gasteiger partial charge in [-0.3, -0.25) is 4.90 Å². The normalized spacial score (nSPS) is 17.5. The second-order valence-corrected chi connectivity index (χ2v) is 5.04. The van der Waals surface area contributed by atoms with Crippen molar-refractivity contribution in [2.75, 3.05) is 53.5 Å². The minimum absolute atomic E-state index is 0.577. The average molecular weight is 276 g/mol. The molecular formula is C16H24N2O2. The van der Waals surface area contributed by atoms with Gasteiger partial charge in [-0.25, -0.2) is 0 Å². The first-order chi connectivity index (χ1) is 9.79. The van der Waals surface area contributed by atoms with Gasteiger partial charge in [-0.1, -0.05) is 24.3 Å². The summed E-state index contributed by atoms with van der Waals surface area (Å²) in [6.07, 6.45) is 4.26. The fourth-order valence-corrected chi connectivity index (χ4v) is 2.20. The highest BCUT2D eigenvalue weighted by Crippen LogP contribution is 2.25. The maximum atomic E-state index is 5.70. The third-order valence-corrected chi connectivity index (χ3v) is 3.53. The zero-order chi connectivity index (χ0) is 14.2. The number of benzene rings is 1. The van der Waals surface area contributed by atoms with Gasteiger partial charge in [0.15, 0.2) is 11.5 Å². The van der Waals surface area contributed by atoms with E-state index in [1.54, 1.807) is 7.11 Å². The fourth-order valence-electron chi connectivity index (χ4n) is 2.20. The summed E-state index contributed by atoms with van der Waals surface area (Å²) < 4.78 is 10.9. The standard InChI is InChI=1S/C16H24N2O2/c1-17-10-12-18(13-11-17)9-5-6-14-20-16-8-4-3-7-15(16)19-2/h3-8H,9-14H2,1-2H3. The minimum atomic E-state index is 0.577. The monoisotopic (exact) mass is 276 g/mol. The molecule has 1 aromatic carbocycles. The summed E-state index contributed by atoms with van der Waals surface area (Å²) in [5.74, 6) is 1.57. The molecule has 1 fully saturated rings. The highest BCUT2D eigenvalue weighted by molar-refractivity contribution is 5.39. The Morgan fingerprint density at radius 1 is 1.05 bits per heavy atom. The summed E-state index contributed by atoms with van der Waals surface area (Å²) in [4.78, 5) is 4.82.